The molecule has 0 saturated heterocycles. The molecule has 0 spiro atoms. The maximum atomic E-state index is 13.1. The van der Waals surface area contributed by atoms with Crippen LogP contribution in [0, 0.1) is 0 Å². The summed E-state index contributed by atoms with van der Waals surface area (Å²) < 4.78 is 9.85. The van der Waals surface area contributed by atoms with E-state index in [4.69, 9.17) is 9.47 Å². The molecule has 1 atom stereocenters. The molecule has 1 unspecified atom stereocenters. The van der Waals surface area contributed by atoms with Crippen molar-refractivity contribution in [2.45, 2.75) is 6.04 Å². The Labute approximate surface area is 155 Å². The Morgan fingerprint density at radius 1 is 0.889 bits per heavy atom. The van der Waals surface area contributed by atoms with E-state index in [2.05, 4.69) is 0 Å². The van der Waals surface area contributed by atoms with Gasteiger partial charge in [-0.25, -0.2) is 19.6 Å². The van der Waals surface area contributed by atoms with Gasteiger partial charge < -0.3 is 9.47 Å². The summed E-state index contributed by atoms with van der Waals surface area (Å²) in [6.07, 6.45) is 0. The van der Waals surface area contributed by atoms with Crippen molar-refractivity contribution in [2.24, 2.45) is 0 Å². The zero-order chi connectivity index (χ0) is 19.1. The molecular weight excluding hydrogens is 348 g/mol. The topological polar surface area (TPSA) is 76.2 Å². The number of ether oxygens (including phenoxy) is 2. The average molecular weight is 364 g/mol. The first-order chi connectivity index (χ1) is 13.1. The van der Waals surface area contributed by atoms with Gasteiger partial charge in [0.1, 0.15) is 6.04 Å². The van der Waals surface area contributed by atoms with E-state index >= 15 is 0 Å². The highest BCUT2D eigenvalue weighted by molar-refractivity contribution is 6.11. The van der Waals surface area contributed by atoms with E-state index in [1.165, 1.54) is 24.2 Å². The van der Waals surface area contributed by atoms with Crippen molar-refractivity contribution >= 4 is 23.5 Å². The van der Waals surface area contributed by atoms with Crippen LogP contribution in [0.5, 0.6) is 0 Å². The lowest BCUT2D eigenvalue weighted by Gasteiger charge is -2.30. The number of hydrogen-bond donors (Lipinski definition) is 0. The molecule has 0 N–H and O–H groups in total. The monoisotopic (exact) mass is 364 g/mol. The number of methoxy groups -OCH3 is 2. The molecule has 2 aliphatic heterocycles. The summed E-state index contributed by atoms with van der Waals surface area (Å²) in [5.74, 6) is -1.72. The molecule has 27 heavy (non-hydrogen) atoms. The van der Waals surface area contributed by atoms with Crippen LogP contribution in [0.3, 0.4) is 0 Å². The number of carbonyl (C=O) groups excluding carboxylic acids is 3. The molecule has 2 aromatic carbocycles. The normalized spacial score (nSPS) is 17.7. The zero-order valence-corrected chi connectivity index (χ0v) is 14.7. The molecule has 0 aromatic heterocycles. The fraction of sp³-hybridized carbons (Fsp3) is 0.150. The van der Waals surface area contributed by atoms with Crippen molar-refractivity contribution in [1.29, 1.82) is 0 Å². The summed E-state index contributed by atoms with van der Waals surface area (Å²) in [5, 5.41) is 2.84. The minimum Gasteiger partial charge on any atom is -0.466 e. The third kappa shape index (κ3) is 2.32. The number of carbonyl (C=O) groups is 3. The van der Waals surface area contributed by atoms with E-state index in [1.54, 1.807) is 48.5 Å². The lowest BCUT2D eigenvalue weighted by molar-refractivity contribution is -0.139. The maximum Gasteiger partial charge on any atom is 0.357 e. The van der Waals surface area contributed by atoms with Gasteiger partial charge in [-0.1, -0.05) is 36.4 Å². The number of nitrogens with zero attached hydrogens (tertiary/aromatic N) is 2. The van der Waals surface area contributed by atoms with Crippen LogP contribution >= 0.6 is 0 Å². The van der Waals surface area contributed by atoms with E-state index in [0.29, 0.717) is 16.8 Å². The molecule has 0 bridgehead atoms. The van der Waals surface area contributed by atoms with Crippen LogP contribution in [-0.2, 0) is 19.1 Å². The summed E-state index contributed by atoms with van der Waals surface area (Å²) in [7, 11) is 2.47. The first-order valence-electron chi connectivity index (χ1n) is 8.28. The van der Waals surface area contributed by atoms with Gasteiger partial charge in [-0.05, 0) is 23.8 Å². The number of anilines is 1. The summed E-state index contributed by atoms with van der Waals surface area (Å²) in [4.78, 5) is 38.4. The fourth-order valence-corrected chi connectivity index (χ4v) is 3.57. The van der Waals surface area contributed by atoms with Gasteiger partial charge in [0.05, 0.1) is 25.5 Å². The van der Waals surface area contributed by atoms with E-state index in [1.807, 2.05) is 6.07 Å². The number of hydrazine groups is 1. The van der Waals surface area contributed by atoms with Crippen LogP contribution in [0.15, 0.2) is 65.9 Å². The molecule has 0 aliphatic carbocycles. The molecule has 2 aliphatic rings. The highest BCUT2D eigenvalue weighted by Crippen LogP contribution is 2.48. The predicted octanol–water partition coefficient (Wildman–Crippen LogP) is 2.22. The molecule has 0 radical (unpaired) electrons. The van der Waals surface area contributed by atoms with Crippen molar-refractivity contribution in [3.8, 4) is 0 Å². The highest BCUT2D eigenvalue weighted by Gasteiger charge is 2.54. The smallest absolute Gasteiger partial charge is 0.357 e. The van der Waals surface area contributed by atoms with E-state index in [0.717, 1.165) is 0 Å². The predicted molar refractivity (Wildman–Crippen MR) is 95.3 cm³/mol. The molecular formula is C20H16N2O5. The number of esters is 2. The molecule has 0 fully saturated rings. The van der Waals surface area contributed by atoms with Gasteiger partial charge in [0.25, 0.3) is 5.91 Å². The molecule has 136 valence electrons. The average Bonchev–Trinajstić information content (AvgIpc) is 3.21. The second-order valence-electron chi connectivity index (χ2n) is 6.03. The number of hydrogen-bond acceptors (Lipinski definition) is 6. The minimum atomic E-state index is -0.754. The Hall–Kier alpha value is -3.61. The summed E-state index contributed by atoms with van der Waals surface area (Å²) in [6.45, 7) is 0. The first-order valence-corrected chi connectivity index (χ1v) is 8.28. The van der Waals surface area contributed by atoms with Crippen LogP contribution in [0.2, 0.25) is 0 Å². The van der Waals surface area contributed by atoms with Gasteiger partial charge >= 0.3 is 11.9 Å². The Bertz CT molecular complexity index is 965. The summed E-state index contributed by atoms with van der Waals surface area (Å²) >= 11 is 0. The van der Waals surface area contributed by atoms with Gasteiger partial charge in [0.15, 0.2) is 5.70 Å². The number of amides is 1. The number of benzene rings is 2. The molecule has 4 rings (SSSR count). The molecule has 0 saturated carbocycles. The lowest BCUT2D eigenvalue weighted by atomic mass is 9.97. The van der Waals surface area contributed by atoms with Crippen molar-refractivity contribution < 1.29 is 23.9 Å². The largest absolute Gasteiger partial charge is 0.466 e. The minimum absolute atomic E-state index is 0.0246. The molecule has 2 aromatic rings. The van der Waals surface area contributed by atoms with Gasteiger partial charge in [0.2, 0.25) is 0 Å². The second-order valence-corrected chi connectivity index (χ2v) is 6.03. The van der Waals surface area contributed by atoms with Gasteiger partial charge in [-0.2, -0.15) is 0 Å². The van der Waals surface area contributed by atoms with Gasteiger partial charge in [-0.15, -0.1) is 0 Å². The Morgan fingerprint density at radius 3 is 2.19 bits per heavy atom. The first kappa shape index (κ1) is 16.8. The standard InChI is InChI=1S/C20H16N2O5/c1-26-19(24)15-16-13-10-6-7-11-14(13)18(23)22(16)21(17(15)20(25)27-2)12-8-4-3-5-9-12/h3-11,16H,1-2H3. The quantitative estimate of drug-likeness (QED) is 0.778. The Balaban J connectivity index is 2.02. The van der Waals surface area contributed by atoms with Crippen molar-refractivity contribution in [3.63, 3.8) is 0 Å². The van der Waals surface area contributed by atoms with E-state index < -0.39 is 18.0 Å². The Morgan fingerprint density at radius 2 is 1.52 bits per heavy atom. The number of fused-ring (bicyclic) bond motifs is 3. The van der Waals surface area contributed by atoms with Crippen molar-refractivity contribution in [1.82, 2.24) is 5.01 Å². The maximum absolute atomic E-state index is 13.1. The fourth-order valence-electron chi connectivity index (χ4n) is 3.57. The third-order valence-electron chi connectivity index (χ3n) is 4.68. The van der Waals surface area contributed by atoms with Crippen LogP contribution in [0.25, 0.3) is 0 Å². The summed E-state index contributed by atoms with van der Waals surface area (Å²) in [5.41, 5.74) is 1.73. The van der Waals surface area contributed by atoms with Gasteiger partial charge in [0, 0.05) is 5.56 Å². The third-order valence-corrected chi connectivity index (χ3v) is 4.68. The lowest BCUT2D eigenvalue weighted by Crippen LogP contribution is -2.41. The number of para-hydroxylation sites is 1. The van der Waals surface area contributed by atoms with Crippen LogP contribution in [-0.4, -0.2) is 37.1 Å². The van der Waals surface area contributed by atoms with E-state index in [9.17, 15) is 14.4 Å². The van der Waals surface area contributed by atoms with Crippen LogP contribution < -0.4 is 5.01 Å². The molecule has 2 heterocycles. The summed E-state index contributed by atoms with van der Waals surface area (Å²) in [6, 6.07) is 15.1. The van der Waals surface area contributed by atoms with Crippen LogP contribution in [0.4, 0.5) is 5.69 Å². The molecule has 7 nitrogen and oxygen atoms in total. The van der Waals surface area contributed by atoms with Crippen molar-refractivity contribution in [2.75, 3.05) is 19.2 Å². The van der Waals surface area contributed by atoms with E-state index in [-0.39, 0.29) is 17.2 Å². The highest BCUT2D eigenvalue weighted by atomic mass is 16.5. The molecule has 1 amide bonds. The van der Waals surface area contributed by atoms with Gasteiger partial charge in [-0.3, -0.25) is 4.79 Å². The zero-order valence-electron chi connectivity index (χ0n) is 14.7. The van der Waals surface area contributed by atoms with Crippen LogP contribution in [0.1, 0.15) is 22.0 Å². The van der Waals surface area contributed by atoms with Crippen molar-refractivity contribution in [3.05, 3.63) is 77.0 Å². The number of rotatable bonds is 3. The molecule has 7 heteroatoms. The SMILES string of the molecule is COC(=O)C1=C(C(=O)OC)N(c2ccccc2)N2C(=O)c3ccccc3C12. The Kier molecular flexibility index (Phi) is 3.92. The second kappa shape index (κ2) is 6.28.